The van der Waals surface area contributed by atoms with Gasteiger partial charge in [0.05, 0.1) is 18.1 Å². The highest BCUT2D eigenvalue weighted by molar-refractivity contribution is 6.12. The largest absolute Gasteiger partial charge is 0.469 e. The van der Waals surface area contributed by atoms with Crippen LogP contribution in [0.5, 0.6) is 0 Å². The molecule has 6 atom stereocenters. The first-order chi connectivity index (χ1) is 16.3. The standard InChI is InChI=1S/C30H37NO4/c1-17-19-7-9-28(4)20-8-10-30(26(34)35-6)12-11-27(2,3)15-21(30)24(20)22(32)13-23(28)29(19,5)14-18(16-31)25(17)33/h13-14,20-21,24H,7-12,15H2,1-6H3. The molecule has 3 fully saturated rings. The minimum absolute atomic E-state index is 0.0239. The Balaban J connectivity index is 1.66. The monoisotopic (exact) mass is 475 g/mol. The van der Waals surface area contributed by atoms with Gasteiger partial charge in [-0.2, -0.15) is 5.26 Å². The summed E-state index contributed by atoms with van der Waals surface area (Å²) in [6.45, 7) is 10.7. The number of hydrogen-bond acceptors (Lipinski definition) is 5. The fourth-order valence-corrected chi connectivity index (χ4v) is 8.96. The van der Waals surface area contributed by atoms with Crippen molar-refractivity contribution in [1.82, 2.24) is 0 Å². The van der Waals surface area contributed by atoms with Crippen molar-refractivity contribution in [2.75, 3.05) is 7.11 Å². The Bertz CT molecular complexity index is 1180. The Morgan fingerprint density at radius 3 is 2.46 bits per heavy atom. The molecule has 0 bridgehead atoms. The summed E-state index contributed by atoms with van der Waals surface area (Å²) < 4.78 is 5.36. The van der Waals surface area contributed by atoms with Crippen molar-refractivity contribution in [3.05, 3.63) is 34.4 Å². The second-order valence-corrected chi connectivity index (χ2v) is 13.0. The summed E-state index contributed by atoms with van der Waals surface area (Å²) >= 11 is 0. The van der Waals surface area contributed by atoms with Crippen LogP contribution in [0.1, 0.15) is 79.6 Å². The molecule has 5 nitrogen and oxygen atoms in total. The van der Waals surface area contributed by atoms with Gasteiger partial charge in [0, 0.05) is 11.3 Å². The van der Waals surface area contributed by atoms with E-state index in [0.29, 0.717) is 5.57 Å². The molecule has 0 aromatic carbocycles. The number of hydrogen-bond donors (Lipinski definition) is 0. The van der Waals surface area contributed by atoms with E-state index in [0.717, 1.165) is 56.1 Å². The van der Waals surface area contributed by atoms with Gasteiger partial charge in [-0.25, -0.2) is 0 Å². The highest BCUT2D eigenvalue weighted by Gasteiger charge is 2.65. The number of ether oxygens (including phenoxy) is 1. The van der Waals surface area contributed by atoms with Gasteiger partial charge in [-0.05, 0) is 110 Å². The zero-order valence-electron chi connectivity index (χ0n) is 21.9. The second kappa shape index (κ2) is 7.51. The quantitative estimate of drug-likeness (QED) is 0.457. The average Bonchev–Trinajstić information content (AvgIpc) is 2.81. The molecule has 0 aromatic heterocycles. The zero-order chi connectivity index (χ0) is 25.6. The number of rotatable bonds is 1. The van der Waals surface area contributed by atoms with Crippen molar-refractivity contribution >= 4 is 17.5 Å². The maximum atomic E-state index is 14.1. The van der Waals surface area contributed by atoms with Gasteiger partial charge in [0.1, 0.15) is 6.07 Å². The summed E-state index contributed by atoms with van der Waals surface area (Å²) in [4.78, 5) is 40.0. The lowest BCUT2D eigenvalue weighted by Gasteiger charge is -2.62. The van der Waals surface area contributed by atoms with Gasteiger partial charge in [0.25, 0.3) is 0 Å². The van der Waals surface area contributed by atoms with Crippen LogP contribution in [-0.4, -0.2) is 24.6 Å². The number of esters is 1. The molecule has 6 unspecified atom stereocenters. The molecule has 0 saturated heterocycles. The molecule has 0 amide bonds. The molecular formula is C30H37NO4. The molecule has 0 aliphatic heterocycles. The van der Waals surface area contributed by atoms with E-state index in [1.165, 1.54) is 7.11 Å². The Morgan fingerprint density at radius 2 is 1.80 bits per heavy atom. The third kappa shape index (κ3) is 3.07. The summed E-state index contributed by atoms with van der Waals surface area (Å²) in [5.74, 6) is -0.300. The van der Waals surface area contributed by atoms with Crippen LogP contribution in [-0.2, 0) is 19.1 Å². The van der Waals surface area contributed by atoms with E-state index < -0.39 is 10.8 Å². The topological polar surface area (TPSA) is 84.2 Å². The number of Topliss-reactive ketones (excluding diaryl/α,β-unsaturated/α-hetero) is 1. The number of carbonyl (C=O) groups excluding carboxylic acids is 3. The van der Waals surface area contributed by atoms with Gasteiger partial charge in [0.15, 0.2) is 11.6 Å². The molecule has 186 valence electrons. The molecule has 3 saturated carbocycles. The van der Waals surface area contributed by atoms with Crippen molar-refractivity contribution in [1.29, 1.82) is 5.26 Å². The van der Waals surface area contributed by atoms with Crippen molar-refractivity contribution in [2.24, 2.45) is 39.4 Å². The Kier molecular flexibility index (Phi) is 5.20. The van der Waals surface area contributed by atoms with E-state index in [-0.39, 0.29) is 51.7 Å². The van der Waals surface area contributed by atoms with Gasteiger partial charge in [-0.15, -0.1) is 0 Å². The van der Waals surface area contributed by atoms with Crippen molar-refractivity contribution in [3.8, 4) is 6.07 Å². The maximum absolute atomic E-state index is 14.1. The van der Waals surface area contributed by atoms with Crippen LogP contribution in [0.4, 0.5) is 0 Å². The fourth-order valence-electron chi connectivity index (χ4n) is 8.96. The van der Waals surface area contributed by atoms with Crippen LogP contribution >= 0.6 is 0 Å². The molecule has 5 rings (SSSR count). The van der Waals surface area contributed by atoms with Gasteiger partial charge in [-0.1, -0.05) is 20.8 Å². The first-order valence-corrected chi connectivity index (χ1v) is 13.1. The highest BCUT2D eigenvalue weighted by Crippen LogP contribution is 2.69. The summed E-state index contributed by atoms with van der Waals surface area (Å²) in [7, 11) is 1.48. The molecule has 5 aliphatic carbocycles. The van der Waals surface area contributed by atoms with E-state index >= 15 is 0 Å². The molecule has 0 aromatic rings. The first kappa shape index (κ1) is 24.2. The van der Waals surface area contributed by atoms with Crippen LogP contribution in [0.3, 0.4) is 0 Å². The number of carbonyl (C=O) groups is 3. The van der Waals surface area contributed by atoms with Crippen molar-refractivity contribution < 1.29 is 19.1 Å². The Morgan fingerprint density at radius 1 is 1.09 bits per heavy atom. The first-order valence-electron chi connectivity index (χ1n) is 13.1. The van der Waals surface area contributed by atoms with E-state index in [2.05, 4.69) is 33.8 Å². The summed E-state index contributed by atoms with van der Waals surface area (Å²) in [5.41, 5.74) is 1.62. The van der Waals surface area contributed by atoms with E-state index in [1.54, 1.807) is 0 Å². The van der Waals surface area contributed by atoms with Crippen LogP contribution in [0.2, 0.25) is 0 Å². The third-order valence-electron chi connectivity index (χ3n) is 10.8. The van der Waals surface area contributed by atoms with Crippen molar-refractivity contribution in [2.45, 2.75) is 79.6 Å². The van der Waals surface area contributed by atoms with Crippen LogP contribution in [0.25, 0.3) is 0 Å². The molecule has 35 heavy (non-hydrogen) atoms. The summed E-state index contributed by atoms with van der Waals surface area (Å²) in [5, 5.41) is 9.67. The predicted molar refractivity (Wildman–Crippen MR) is 132 cm³/mol. The average molecular weight is 476 g/mol. The van der Waals surface area contributed by atoms with E-state index in [1.807, 2.05) is 19.1 Å². The normalized spacial score (nSPS) is 41.9. The number of ketones is 2. The Labute approximate surface area is 208 Å². The van der Waals surface area contributed by atoms with E-state index in [4.69, 9.17) is 4.74 Å². The molecule has 0 heterocycles. The highest BCUT2D eigenvalue weighted by atomic mass is 16.5. The minimum Gasteiger partial charge on any atom is -0.469 e. The lowest BCUT2D eigenvalue weighted by molar-refractivity contribution is -0.177. The number of fused-ring (bicyclic) bond motifs is 7. The number of nitrogens with zero attached hydrogens (tertiary/aromatic N) is 1. The van der Waals surface area contributed by atoms with Crippen LogP contribution < -0.4 is 0 Å². The minimum atomic E-state index is -0.598. The Hall–Kier alpha value is -2.48. The SMILES string of the molecule is COC(=O)C12CCC3C(C(=O)C=C4C5(C)C=C(C#N)C(=O)C(C)=C5CCC43C)C1CC(C)(C)CC2. The van der Waals surface area contributed by atoms with E-state index in [9.17, 15) is 19.6 Å². The second-order valence-electron chi connectivity index (χ2n) is 13.0. The van der Waals surface area contributed by atoms with Gasteiger partial charge >= 0.3 is 5.97 Å². The van der Waals surface area contributed by atoms with Crippen LogP contribution in [0, 0.1) is 50.7 Å². The number of nitriles is 1. The predicted octanol–water partition coefficient (Wildman–Crippen LogP) is 5.66. The molecule has 0 spiro atoms. The fraction of sp³-hybridized carbons (Fsp3) is 0.667. The smallest absolute Gasteiger partial charge is 0.312 e. The van der Waals surface area contributed by atoms with Gasteiger partial charge < -0.3 is 4.74 Å². The molecule has 5 heteroatoms. The van der Waals surface area contributed by atoms with Crippen molar-refractivity contribution in [3.63, 3.8) is 0 Å². The van der Waals surface area contributed by atoms with Gasteiger partial charge in [-0.3, -0.25) is 14.4 Å². The lowest BCUT2D eigenvalue weighted by atomic mass is 9.40. The molecular weight excluding hydrogens is 438 g/mol. The molecule has 5 aliphatic rings. The third-order valence-corrected chi connectivity index (χ3v) is 10.8. The summed E-state index contributed by atoms with van der Waals surface area (Å²) in [6, 6.07) is 2.10. The lowest BCUT2D eigenvalue weighted by Crippen LogP contribution is -2.60. The number of allylic oxidation sites excluding steroid dienone is 6. The zero-order valence-corrected chi connectivity index (χ0v) is 21.9. The van der Waals surface area contributed by atoms with Crippen LogP contribution in [0.15, 0.2) is 34.4 Å². The summed E-state index contributed by atoms with van der Waals surface area (Å²) in [6.07, 6.45) is 9.50. The maximum Gasteiger partial charge on any atom is 0.312 e. The molecule has 0 radical (unpaired) electrons. The molecule has 0 N–H and O–H groups in total. The van der Waals surface area contributed by atoms with Gasteiger partial charge in [0.2, 0.25) is 0 Å². The number of methoxy groups -OCH3 is 1.